The number of aliphatic carboxylic acids is 1. The summed E-state index contributed by atoms with van der Waals surface area (Å²) < 4.78 is 0. The van der Waals surface area contributed by atoms with E-state index in [2.05, 4.69) is 25.2 Å². The third kappa shape index (κ3) is 17.9. The minimum absolute atomic E-state index is 0.140. The average molecular weight is 373 g/mol. The van der Waals surface area contributed by atoms with Crippen LogP contribution in [0.25, 0.3) is 0 Å². The van der Waals surface area contributed by atoms with Crippen molar-refractivity contribution in [3.05, 3.63) is 83.0 Å². The van der Waals surface area contributed by atoms with Gasteiger partial charge in [-0.3, -0.25) is 14.9 Å². The molecule has 0 amide bonds. The molecule has 0 saturated carbocycles. The van der Waals surface area contributed by atoms with Crippen LogP contribution in [0.3, 0.4) is 0 Å². The molecule has 1 unspecified atom stereocenters. The molecule has 0 fully saturated rings. The van der Waals surface area contributed by atoms with Crippen molar-refractivity contribution in [2.75, 3.05) is 0 Å². The molecule has 1 atom stereocenters. The first-order valence-electron chi connectivity index (χ1n) is 9.36. The summed E-state index contributed by atoms with van der Waals surface area (Å²) >= 11 is 0. The Morgan fingerprint density at radius 2 is 1.52 bits per heavy atom. The zero-order valence-corrected chi connectivity index (χ0v) is 16.1. The van der Waals surface area contributed by atoms with Crippen molar-refractivity contribution in [2.24, 2.45) is 0 Å². The first-order chi connectivity index (χ1) is 13.1. The van der Waals surface area contributed by atoms with Crippen molar-refractivity contribution in [2.45, 2.75) is 57.9 Å². The molecule has 5 heteroatoms. The molecule has 0 heterocycles. The summed E-state index contributed by atoms with van der Waals surface area (Å²) in [6.07, 6.45) is 27.2. The molecule has 0 aliphatic heterocycles. The summed E-state index contributed by atoms with van der Waals surface area (Å²) in [5.41, 5.74) is 0. The van der Waals surface area contributed by atoms with Gasteiger partial charge in [-0.05, 0) is 38.2 Å². The first-order valence-corrected chi connectivity index (χ1v) is 9.36. The molecule has 5 nitrogen and oxygen atoms in total. The number of carboxylic acid groups (broad SMARTS) is 1. The summed E-state index contributed by atoms with van der Waals surface area (Å²) in [7, 11) is 0. The molecule has 1 N–H and O–H groups in total. The normalized spacial score (nSPS) is 14.0. The van der Waals surface area contributed by atoms with Gasteiger partial charge in [0.1, 0.15) is 0 Å². The lowest BCUT2D eigenvalue weighted by Crippen LogP contribution is -2.15. The van der Waals surface area contributed by atoms with Gasteiger partial charge in [-0.15, -0.1) is 0 Å². The summed E-state index contributed by atoms with van der Waals surface area (Å²) in [4.78, 5) is 21.1. The fraction of sp³-hybridized carbons (Fsp3) is 0.409. The summed E-state index contributed by atoms with van der Waals surface area (Å²) in [6.45, 7) is 2.09. The molecule has 148 valence electrons. The Hall–Kier alpha value is -2.69. The van der Waals surface area contributed by atoms with E-state index in [4.69, 9.17) is 5.11 Å². The number of nitrogens with zero attached hydrogens (tertiary/aromatic N) is 1. The van der Waals surface area contributed by atoms with Crippen LogP contribution in [-0.2, 0) is 4.79 Å². The van der Waals surface area contributed by atoms with E-state index < -0.39 is 12.0 Å². The Morgan fingerprint density at radius 1 is 0.926 bits per heavy atom. The molecule has 0 aromatic heterocycles. The second kappa shape index (κ2) is 18.1. The van der Waals surface area contributed by atoms with Gasteiger partial charge < -0.3 is 5.11 Å². The minimum atomic E-state index is -0.798. The van der Waals surface area contributed by atoms with E-state index in [1.165, 1.54) is 0 Å². The van der Waals surface area contributed by atoms with Gasteiger partial charge >= 0.3 is 5.97 Å². The highest BCUT2D eigenvalue weighted by molar-refractivity contribution is 5.66. The topological polar surface area (TPSA) is 80.4 Å². The fourth-order valence-electron chi connectivity index (χ4n) is 2.04. The molecule has 0 radical (unpaired) electrons. The number of hydrogen-bond acceptors (Lipinski definition) is 3. The second-order valence-corrected chi connectivity index (χ2v) is 5.83. The van der Waals surface area contributed by atoms with E-state index in [1.54, 1.807) is 18.2 Å². The Labute approximate surface area is 162 Å². The Kier molecular flexibility index (Phi) is 16.3. The fourth-order valence-corrected chi connectivity index (χ4v) is 2.04. The first kappa shape index (κ1) is 24.3. The molecule has 0 spiro atoms. The summed E-state index contributed by atoms with van der Waals surface area (Å²) in [5, 5.41) is 19.6. The third-order valence-corrected chi connectivity index (χ3v) is 3.47. The SMILES string of the molecule is CC/C=C/C/C=C/C/C=C/C(C/C=C/C=C/C/C=C/CCC(=O)O)[N+](=O)[O-]. The minimum Gasteiger partial charge on any atom is -0.481 e. The van der Waals surface area contributed by atoms with Crippen LogP contribution < -0.4 is 0 Å². The van der Waals surface area contributed by atoms with Crippen LogP contribution in [0, 0.1) is 10.1 Å². The van der Waals surface area contributed by atoms with Crippen molar-refractivity contribution in [3.8, 4) is 0 Å². The molecule has 0 saturated heterocycles. The number of allylic oxidation sites excluding steroid dienone is 10. The Bertz CT molecular complexity index is 583. The van der Waals surface area contributed by atoms with Gasteiger partial charge in [0.15, 0.2) is 0 Å². The lowest BCUT2D eigenvalue weighted by atomic mass is 10.1. The lowest BCUT2D eigenvalue weighted by Gasteiger charge is -2.00. The molecule has 0 rings (SSSR count). The number of carboxylic acids is 1. The van der Waals surface area contributed by atoms with Crippen LogP contribution in [0.4, 0.5) is 0 Å². The van der Waals surface area contributed by atoms with E-state index in [0.717, 1.165) is 12.8 Å². The standard InChI is InChI=1S/C22H31NO4/c1-2-3-4-5-6-9-12-15-18-21(23(26)27)19-16-13-10-7-8-11-14-17-20-22(24)25/h3-4,6-7,9-11,13-16,18,21H,2,5,8,12,17,19-20H2,1H3,(H,24,25)/b4-3+,9-6+,10-7+,14-11+,16-13+,18-15+. The highest BCUT2D eigenvalue weighted by atomic mass is 16.6. The molecule has 0 bridgehead atoms. The van der Waals surface area contributed by atoms with E-state index in [9.17, 15) is 14.9 Å². The predicted molar refractivity (Wildman–Crippen MR) is 111 cm³/mol. The Morgan fingerprint density at radius 3 is 2.19 bits per heavy atom. The molecule has 0 aliphatic rings. The quantitative estimate of drug-likeness (QED) is 0.170. The van der Waals surface area contributed by atoms with Gasteiger partial charge in [-0.25, -0.2) is 0 Å². The van der Waals surface area contributed by atoms with Crippen LogP contribution in [0.5, 0.6) is 0 Å². The van der Waals surface area contributed by atoms with Gasteiger partial charge in [0, 0.05) is 17.8 Å². The highest BCUT2D eigenvalue weighted by Gasteiger charge is 2.12. The summed E-state index contributed by atoms with van der Waals surface area (Å²) in [5.74, 6) is -0.798. The Balaban J connectivity index is 4.09. The third-order valence-electron chi connectivity index (χ3n) is 3.47. The van der Waals surface area contributed by atoms with Crippen molar-refractivity contribution in [3.63, 3.8) is 0 Å². The molecule has 0 aromatic carbocycles. The molecular formula is C22H31NO4. The maximum Gasteiger partial charge on any atom is 0.303 e. The van der Waals surface area contributed by atoms with E-state index in [-0.39, 0.29) is 11.3 Å². The maximum atomic E-state index is 11.1. The molecule has 27 heavy (non-hydrogen) atoms. The second-order valence-electron chi connectivity index (χ2n) is 5.83. The van der Waals surface area contributed by atoms with Crippen LogP contribution in [0.2, 0.25) is 0 Å². The highest BCUT2D eigenvalue weighted by Crippen LogP contribution is 2.03. The van der Waals surface area contributed by atoms with Gasteiger partial charge in [0.25, 0.3) is 0 Å². The van der Waals surface area contributed by atoms with Crippen LogP contribution in [0.1, 0.15) is 51.9 Å². The average Bonchev–Trinajstić information content (AvgIpc) is 2.63. The molecule has 0 aliphatic carbocycles. The van der Waals surface area contributed by atoms with Crippen LogP contribution in [-0.4, -0.2) is 22.0 Å². The smallest absolute Gasteiger partial charge is 0.303 e. The van der Waals surface area contributed by atoms with Gasteiger partial charge in [0.05, 0.1) is 0 Å². The number of hydrogen-bond donors (Lipinski definition) is 1. The van der Waals surface area contributed by atoms with Gasteiger partial charge in [-0.2, -0.15) is 0 Å². The largest absolute Gasteiger partial charge is 0.481 e. The zero-order valence-electron chi connectivity index (χ0n) is 16.1. The number of nitro groups is 1. The van der Waals surface area contributed by atoms with Gasteiger partial charge in [-0.1, -0.05) is 73.8 Å². The molecule has 0 aromatic rings. The number of carbonyl (C=O) groups is 1. The monoisotopic (exact) mass is 373 g/mol. The van der Waals surface area contributed by atoms with E-state index >= 15 is 0 Å². The van der Waals surface area contributed by atoms with Crippen molar-refractivity contribution >= 4 is 5.97 Å². The number of rotatable bonds is 15. The van der Waals surface area contributed by atoms with Crippen LogP contribution in [0.15, 0.2) is 72.9 Å². The summed E-state index contributed by atoms with van der Waals surface area (Å²) in [6, 6.07) is -0.709. The van der Waals surface area contributed by atoms with Crippen molar-refractivity contribution in [1.29, 1.82) is 0 Å². The maximum absolute atomic E-state index is 11.1. The van der Waals surface area contributed by atoms with Crippen LogP contribution >= 0.6 is 0 Å². The predicted octanol–water partition coefficient (Wildman–Crippen LogP) is 5.80. The molecular weight excluding hydrogens is 342 g/mol. The zero-order chi connectivity index (χ0) is 20.2. The van der Waals surface area contributed by atoms with Crippen molar-refractivity contribution < 1.29 is 14.8 Å². The van der Waals surface area contributed by atoms with E-state index in [0.29, 0.717) is 25.7 Å². The van der Waals surface area contributed by atoms with Gasteiger partial charge in [0.2, 0.25) is 6.04 Å². The van der Waals surface area contributed by atoms with E-state index in [1.807, 2.05) is 36.5 Å². The lowest BCUT2D eigenvalue weighted by molar-refractivity contribution is -0.508. The van der Waals surface area contributed by atoms with Crippen molar-refractivity contribution in [1.82, 2.24) is 0 Å².